The summed E-state index contributed by atoms with van der Waals surface area (Å²) in [5, 5.41) is 5.77. The van der Waals surface area contributed by atoms with E-state index in [1.807, 2.05) is 0 Å². The molecule has 21 heavy (non-hydrogen) atoms. The van der Waals surface area contributed by atoms with Gasteiger partial charge in [0.05, 0.1) is 19.8 Å². The monoisotopic (exact) mass is 299 g/mol. The van der Waals surface area contributed by atoms with E-state index in [1.54, 1.807) is 0 Å². The molecule has 2 aliphatic rings. The van der Waals surface area contributed by atoms with E-state index in [-0.39, 0.29) is 12.0 Å². The number of hydrogen-bond acceptors (Lipinski definition) is 6. The molecule has 3 unspecified atom stereocenters. The van der Waals surface area contributed by atoms with Crippen molar-refractivity contribution in [2.45, 2.75) is 38.0 Å². The van der Waals surface area contributed by atoms with Crippen molar-refractivity contribution in [1.29, 1.82) is 0 Å². The largest absolute Gasteiger partial charge is 0.467 e. The van der Waals surface area contributed by atoms with Gasteiger partial charge in [0, 0.05) is 32.6 Å². The number of hydrogen-bond donors (Lipinski definition) is 2. The highest BCUT2D eigenvalue weighted by Gasteiger charge is 2.32. The number of morpholine rings is 1. The lowest BCUT2D eigenvalue weighted by molar-refractivity contribution is -0.144. The zero-order chi connectivity index (χ0) is 15.2. The van der Waals surface area contributed by atoms with Crippen molar-refractivity contribution < 1.29 is 19.1 Å². The van der Waals surface area contributed by atoms with Gasteiger partial charge in [-0.3, -0.25) is 9.69 Å². The van der Waals surface area contributed by atoms with E-state index in [0.29, 0.717) is 19.1 Å². The summed E-state index contributed by atoms with van der Waals surface area (Å²) in [5.41, 5.74) is 0. The Labute approximate surface area is 125 Å². The normalized spacial score (nSPS) is 27.0. The molecule has 3 atom stereocenters. The molecule has 0 spiro atoms. The van der Waals surface area contributed by atoms with Crippen molar-refractivity contribution in [1.82, 2.24) is 15.5 Å². The van der Waals surface area contributed by atoms with Gasteiger partial charge in [0.15, 0.2) is 0 Å². The molecule has 2 heterocycles. The van der Waals surface area contributed by atoms with Gasteiger partial charge in [0.2, 0.25) is 5.91 Å². The maximum Gasteiger partial charge on any atom is 0.329 e. The molecule has 0 aromatic heterocycles. The van der Waals surface area contributed by atoms with Crippen LogP contribution in [-0.4, -0.2) is 74.9 Å². The summed E-state index contributed by atoms with van der Waals surface area (Å²) < 4.78 is 10.5. The minimum Gasteiger partial charge on any atom is -0.467 e. The fraction of sp³-hybridized carbons (Fsp3) is 0.857. The van der Waals surface area contributed by atoms with Crippen LogP contribution in [-0.2, 0) is 19.1 Å². The van der Waals surface area contributed by atoms with Crippen LogP contribution >= 0.6 is 0 Å². The minimum atomic E-state index is -0.657. The maximum atomic E-state index is 11.6. The SMILES string of the molecule is COC(=O)C(CNCC1CN2CCCC2CO1)NC(C)=O. The third kappa shape index (κ3) is 4.66. The molecular weight excluding hydrogens is 274 g/mol. The Kier molecular flexibility index (Phi) is 5.96. The van der Waals surface area contributed by atoms with Gasteiger partial charge in [0.1, 0.15) is 6.04 Å². The molecule has 0 aromatic rings. The third-order valence-corrected chi connectivity index (χ3v) is 4.05. The van der Waals surface area contributed by atoms with Crippen LogP contribution in [0.1, 0.15) is 19.8 Å². The van der Waals surface area contributed by atoms with Gasteiger partial charge in [0.25, 0.3) is 0 Å². The highest BCUT2D eigenvalue weighted by molar-refractivity contribution is 5.83. The Morgan fingerprint density at radius 2 is 2.29 bits per heavy atom. The number of carbonyl (C=O) groups is 2. The van der Waals surface area contributed by atoms with Crippen molar-refractivity contribution in [3.8, 4) is 0 Å². The quantitative estimate of drug-likeness (QED) is 0.620. The van der Waals surface area contributed by atoms with Crippen LogP contribution in [0.15, 0.2) is 0 Å². The van der Waals surface area contributed by atoms with E-state index in [4.69, 9.17) is 4.74 Å². The Balaban J connectivity index is 1.71. The van der Waals surface area contributed by atoms with Crippen LogP contribution in [0, 0.1) is 0 Å². The van der Waals surface area contributed by atoms with Gasteiger partial charge in [-0.15, -0.1) is 0 Å². The number of amides is 1. The van der Waals surface area contributed by atoms with E-state index >= 15 is 0 Å². The number of nitrogens with zero attached hydrogens (tertiary/aromatic N) is 1. The molecular formula is C14H25N3O4. The van der Waals surface area contributed by atoms with Crippen molar-refractivity contribution in [3.63, 3.8) is 0 Å². The van der Waals surface area contributed by atoms with E-state index in [9.17, 15) is 9.59 Å². The first kappa shape index (κ1) is 16.2. The summed E-state index contributed by atoms with van der Waals surface area (Å²) in [6, 6.07) is -0.0703. The third-order valence-electron chi connectivity index (χ3n) is 4.05. The summed E-state index contributed by atoms with van der Waals surface area (Å²) in [4.78, 5) is 25.1. The van der Waals surface area contributed by atoms with Crippen LogP contribution in [0.4, 0.5) is 0 Å². The molecule has 0 aromatic carbocycles. The van der Waals surface area contributed by atoms with Gasteiger partial charge < -0.3 is 20.1 Å². The van der Waals surface area contributed by atoms with Crippen molar-refractivity contribution >= 4 is 11.9 Å². The van der Waals surface area contributed by atoms with Gasteiger partial charge in [-0.05, 0) is 19.4 Å². The average molecular weight is 299 g/mol. The number of nitrogens with one attached hydrogen (secondary N) is 2. The van der Waals surface area contributed by atoms with Crippen LogP contribution in [0.5, 0.6) is 0 Å². The van der Waals surface area contributed by atoms with Gasteiger partial charge >= 0.3 is 5.97 Å². The molecule has 2 aliphatic heterocycles. The second-order valence-electron chi connectivity index (χ2n) is 5.68. The molecule has 0 saturated carbocycles. The zero-order valence-electron chi connectivity index (χ0n) is 12.8. The summed E-state index contributed by atoms with van der Waals surface area (Å²) in [5.74, 6) is -0.692. The summed E-state index contributed by atoms with van der Waals surface area (Å²) in [7, 11) is 1.31. The minimum absolute atomic E-state index is 0.134. The predicted molar refractivity (Wildman–Crippen MR) is 76.8 cm³/mol. The van der Waals surface area contributed by atoms with E-state index < -0.39 is 12.0 Å². The Bertz CT molecular complexity index is 377. The molecule has 0 radical (unpaired) electrons. The lowest BCUT2D eigenvalue weighted by atomic mass is 10.2. The first-order valence-corrected chi connectivity index (χ1v) is 7.51. The molecule has 2 saturated heterocycles. The number of ether oxygens (including phenoxy) is 2. The average Bonchev–Trinajstić information content (AvgIpc) is 2.92. The number of esters is 1. The predicted octanol–water partition coefficient (Wildman–Crippen LogP) is -0.883. The smallest absolute Gasteiger partial charge is 0.329 e. The van der Waals surface area contributed by atoms with Crippen LogP contribution in [0.3, 0.4) is 0 Å². The van der Waals surface area contributed by atoms with Crippen LogP contribution in [0.25, 0.3) is 0 Å². The van der Waals surface area contributed by atoms with Gasteiger partial charge in [-0.2, -0.15) is 0 Å². The van der Waals surface area contributed by atoms with Crippen LogP contribution in [0.2, 0.25) is 0 Å². The van der Waals surface area contributed by atoms with E-state index in [0.717, 1.165) is 19.7 Å². The fourth-order valence-electron chi connectivity index (χ4n) is 2.98. The number of carbonyl (C=O) groups excluding carboxylic acids is 2. The highest BCUT2D eigenvalue weighted by Crippen LogP contribution is 2.22. The summed E-state index contributed by atoms with van der Waals surface area (Å²) in [6.07, 6.45) is 2.61. The molecule has 7 heteroatoms. The van der Waals surface area contributed by atoms with Crippen LogP contribution < -0.4 is 10.6 Å². The Morgan fingerprint density at radius 3 is 3.00 bits per heavy atom. The lowest BCUT2D eigenvalue weighted by Crippen LogP contribution is -2.52. The molecule has 2 N–H and O–H groups in total. The van der Waals surface area contributed by atoms with Crippen molar-refractivity contribution in [2.75, 3.05) is 39.9 Å². The first-order valence-electron chi connectivity index (χ1n) is 7.51. The molecule has 0 bridgehead atoms. The molecule has 1 amide bonds. The molecule has 2 rings (SSSR count). The maximum absolute atomic E-state index is 11.6. The number of rotatable bonds is 6. The van der Waals surface area contributed by atoms with Crippen molar-refractivity contribution in [3.05, 3.63) is 0 Å². The lowest BCUT2D eigenvalue weighted by Gasteiger charge is -2.35. The number of fused-ring (bicyclic) bond motifs is 1. The standard InChI is InChI=1S/C14H25N3O4/c1-10(18)16-13(14(19)20-2)7-15-6-12-8-17-5-3-4-11(17)9-21-12/h11-13,15H,3-9H2,1-2H3,(H,16,18). The second-order valence-corrected chi connectivity index (χ2v) is 5.68. The Hall–Kier alpha value is -1.18. The van der Waals surface area contributed by atoms with Crippen molar-refractivity contribution in [2.24, 2.45) is 0 Å². The highest BCUT2D eigenvalue weighted by atomic mass is 16.5. The Morgan fingerprint density at radius 1 is 1.48 bits per heavy atom. The summed E-state index contributed by atoms with van der Waals surface area (Å²) >= 11 is 0. The number of methoxy groups -OCH3 is 1. The zero-order valence-corrected chi connectivity index (χ0v) is 12.8. The molecule has 7 nitrogen and oxygen atoms in total. The van der Waals surface area contributed by atoms with E-state index in [1.165, 1.54) is 26.9 Å². The molecule has 2 fully saturated rings. The van der Waals surface area contributed by atoms with E-state index in [2.05, 4.69) is 20.3 Å². The second kappa shape index (κ2) is 7.72. The fourth-order valence-corrected chi connectivity index (χ4v) is 2.98. The first-order chi connectivity index (χ1) is 10.1. The van der Waals surface area contributed by atoms with Gasteiger partial charge in [-0.25, -0.2) is 4.79 Å². The summed E-state index contributed by atoms with van der Waals surface area (Å²) in [6.45, 7) is 5.26. The molecule has 0 aliphatic carbocycles. The topological polar surface area (TPSA) is 79.9 Å². The van der Waals surface area contributed by atoms with Gasteiger partial charge in [-0.1, -0.05) is 0 Å². The molecule has 120 valence electrons.